The second kappa shape index (κ2) is 10.1. The van der Waals surface area contributed by atoms with Crippen LogP contribution in [0.5, 0.6) is 0 Å². The summed E-state index contributed by atoms with van der Waals surface area (Å²) in [7, 11) is 0. The second-order valence-corrected chi connectivity index (χ2v) is 7.93. The topological polar surface area (TPSA) is 42.0 Å². The van der Waals surface area contributed by atoms with Crippen LogP contribution < -0.4 is 5.32 Å². The molecule has 0 radical (unpaired) electrons. The molecule has 1 fully saturated rings. The summed E-state index contributed by atoms with van der Waals surface area (Å²) in [5.74, 6) is 1.44. The minimum atomic E-state index is 0.273. The van der Waals surface area contributed by atoms with E-state index in [0.29, 0.717) is 5.91 Å². The predicted octanol–water partition coefficient (Wildman–Crippen LogP) is 4.89. The number of carbonyl (C=O) groups excluding carboxylic acids is 1. The molecule has 130 valence electrons. The first-order chi connectivity index (χ1) is 11.2. The van der Waals surface area contributed by atoms with E-state index in [2.05, 4.69) is 22.6 Å². The molecule has 2 rings (SSSR count). The van der Waals surface area contributed by atoms with Gasteiger partial charge in [-0.3, -0.25) is 4.79 Å². The fraction of sp³-hybridized carbons (Fsp3) is 0.789. The summed E-state index contributed by atoms with van der Waals surface area (Å²) in [6, 6.07) is 0. The van der Waals surface area contributed by atoms with Gasteiger partial charge in [0.05, 0.1) is 5.01 Å². The number of carbonyl (C=O) groups is 1. The molecule has 4 heteroatoms. The van der Waals surface area contributed by atoms with Crippen molar-refractivity contribution in [3.05, 3.63) is 16.1 Å². The van der Waals surface area contributed by atoms with Crippen molar-refractivity contribution in [2.45, 2.75) is 78.1 Å². The van der Waals surface area contributed by atoms with Gasteiger partial charge in [0.15, 0.2) is 0 Å². The van der Waals surface area contributed by atoms with E-state index in [0.717, 1.165) is 50.3 Å². The number of thiazole rings is 1. The lowest BCUT2D eigenvalue weighted by Crippen LogP contribution is -2.33. The Kier molecular flexibility index (Phi) is 8.07. The smallest absolute Gasteiger partial charge is 0.223 e. The van der Waals surface area contributed by atoms with Crippen LogP contribution in [0.4, 0.5) is 0 Å². The summed E-state index contributed by atoms with van der Waals surface area (Å²) in [6.07, 6.45) is 11.9. The van der Waals surface area contributed by atoms with Crippen molar-refractivity contribution < 1.29 is 4.79 Å². The first kappa shape index (κ1) is 18.4. The summed E-state index contributed by atoms with van der Waals surface area (Å²) >= 11 is 1.74. The van der Waals surface area contributed by atoms with E-state index in [-0.39, 0.29) is 5.92 Å². The van der Waals surface area contributed by atoms with E-state index in [4.69, 9.17) is 0 Å². The summed E-state index contributed by atoms with van der Waals surface area (Å²) in [5.41, 5.74) is 1.12. The molecule has 1 N–H and O–H groups in total. The van der Waals surface area contributed by atoms with E-state index in [1.54, 1.807) is 11.3 Å². The highest BCUT2D eigenvalue weighted by Crippen LogP contribution is 2.31. The molecule has 1 aliphatic carbocycles. The average molecular weight is 337 g/mol. The SMILES string of the molecule is CCCCC1CCC(C(=O)NCCCCc2nc(C)cs2)CC1. The molecule has 0 unspecified atom stereocenters. The number of amides is 1. The lowest BCUT2D eigenvalue weighted by molar-refractivity contribution is -0.126. The van der Waals surface area contributed by atoms with Crippen LogP contribution in [0.3, 0.4) is 0 Å². The van der Waals surface area contributed by atoms with E-state index in [1.807, 2.05) is 6.92 Å². The molecular weight excluding hydrogens is 304 g/mol. The first-order valence-corrected chi connectivity index (χ1v) is 10.3. The molecule has 0 spiro atoms. The van der Waals surface area contributed by atoms with Gasteiger partial charge in [0.1, 0.15) is 0 Å². The third-order valence-corrected chi connectivity index (χ3v) is 5.99. The molecule has 0 saturated heterocycles. The van der Waals surface area contributed by atoms with Gasteiger partial charge in [-0.05, 0) is 57.8 Å². The lowest BCUT2D eigenvalue weighted by atomic mass is 9.79. The Morgan fingerprint density at radius 2 is 2.04 bits per heavy atom. The Bertz CT molecular complexity index is 464. The molecule has 0 aromatic carbocycles. The molecule has 1 aliphatic rings. The Morgan fingerprint density at radius 3 is 2.70 bits per heavy atom. The fourth-order valence-electron chi connectivity index (χ4n) is 3.48. The van der Waals surface area contributed by atoms with Gasteiger partial charge in [-0.2, -0.15) is 0 Å². The molecule has 3 nitrogen and oxygen atoms in total. The minimum Gasteiger partial charge on any atom is -0.356 e. The molecule has 0 atom stereocenters. The molecule has 0 aliphatic heterocycles. The van der Waals surface area contributed by atoms with E-state index < -0.39 is 0 Å². The molecule has 1 aromatic heterocycles. The molecule has 1 saturated carbocycles. The summed E-state index contributed by atoms with van der Waals surface area (Å²) in [4.78, 5) is 16.7. The van der Waals surface area contributed by atoms with Crippen LogP contribution in [0, 0.1) is 18.8 Å². The van der Waals surface area contributed by atoms with Crippen molar-refractivity contribution in [1.82, 2.24) is 10.3 Å². The van der Waals surface area contributed by atoms with Crippen LogP contribution in [0.15, 0.2) is 5.38 Å². The fourth-order valence-corrected chi connectivity index (χ4v) is 4.30. The molecular formula is C19H32N2OS. The van der Waals surface area contributed by atoms with Gasteiger partial charge < -0.3 is 5.32 Å². The molecule has 1 aromatic rings. The Hall–Kier alpha value is -0.900. The van der Waals surface area contributed by atoms with Crippen LogP contribution in [-0.4, -0.2) is 17.4 Å². The maximum absolute atomic E-state index is 12.2. The zero-order valence-electron chi connectivity index (χ0n) is 14.8. The highest BCUT2D eigenvalue weighted by Gasteiger charge is 2.25. The Balaban J connectivity index is 1.53. The van der Waals surface area contributed by atoms with Crippen LogP contribution in [0.2, 0.25) is 0 Å². The van der Waals surface area contributed by atoms with Gasteiger partial charge >= 0.3 is 0 Å². The van der Waals surface area contributed by atoms with E-state index >= 15 is 0 Å². The first-order valence-electron chi connectivity index (χ1n) is 9.37. The number of nitrogens with one attached hydrogen (secondary N) is 1. The quantitative estimate of drug-likeness (QED) is 0.653. The highest BCUT2D eigenvalue weighted by molar-refractivity contribution is 7.09. The maximum atomic E-state index is 12.2. The monoisotopic (exact) mass is 336 g/mol. The summed E-state index contributed by atoms with van der Waals surface area (Å²) in [5, 5.41) is 6.47. The van der Waals surface area contributed by atoms with Crippen LogP contribution >= 0.6 is 11.3 Å². The van der Waals surface area contributed by atoms with Gasteiger partial charge in [0.2, 0.25) is 5.91 Å². The van der Waals surface area contributed by atoms with Crippen LogP contribution in [0.25, 0.3) is 0 Å². The standard InChI is InChI=1S/C19H32N2OS/c1-3-4-7-16-9-11-17(12-10-16)19(22)20-13-6-5-8-18-21-15(2)14-23-18/h14,16-17H,3-13H2,1-2H3,(H,20,22). The van der Waals surface area contributed by atoms with Crippen molar-refractivity contribution in [3.8, 4) is 0 Å². The maximum Gasteiger partial charge on any atom is 0.223 e. The molecule has 1 heterocycles. The van der Waals surface area contributed by atoms with Crippen LogP contribution in [0.1, 0.15) is 75.4 Å². The zero-order valence-corrected chi connectivity index (χ0v) is 15.6. The Labute approximate surface area is 145 Å². The number of aromatic nitrogens is 1. The van der Waals surface area contributed by atoms with Crippen molar-refractivity contribution in [1.29, 1.82) is 0 Å². The molecule has 0 bridgehead atoms. The molecule has 1 amide bonds. The van der Waals surface area contributed by atoms with Gasteiger partial charge in [0.25, 0.3) is 0 Å². The van der Waals surface area contributed by atoms with Crippen LogP contribution in [-0.2, 0) is 11.2 Å². The summed E-state index contributed by atoms with van der Waals surface area (Å²) < 4.78 is 0. The third-order valence-electron chi connectivity index (χ3n) is 4.97. The van der Waals surface area contributed by atoms with E-state index in [1.165, 1.54) is 37.1 Å². The van der Waals surface area contributed by atoms with Crippen molar-refractivity contribution in [2.24, 2.45) is 11.8 Å². The number of rotatable bonds is 9. The van der Waals surface area contributed by atoms with Crippen molar-refractivity contribution in [2.75, 3.05) is 6.54 Å². The molecule has 23 heavy (non-hydrogen) atoms. The van der Waals surface area contributed by atoms with Gasteiger partial charge in [0, 0.05) is 23.5 Å². The largest absolute Gasteiger partial charge is 0.356 e. The summed E-state index contributed by atoms with van der Waals surface area (Å²) in [6.45, 7) is 5.12. The number of hydrogen-bond acceptors (Lipinski definition) is 3. The number of hydrogen-bond donors (Lipinski definition) is 1. The normalized spacial score (nSPS) is 21.3. The predicted molar refractivity (Wildman–Crippen MR) is 97.8 cm³/mol. The lowest BCUT2D eigenvalue weighted by Gasteiger charge is -2.27. The number of nitrogens with zero attached hydrogens (tertiary/aromatic N) is 1. The van der Waals surface area contributed by atoms with Gasteiger partial charge in [-0.1, -0.05) is 26.2 Å². The van der Waals surface area contributed by atoms with Crippen molar-refractivity contribution >= 4 is 17.2 Å². The highest BCUT2D eigenvalue weighted by atomic mass is 32.1. The second-order valence-electron chi connectivity index (χ2n) is 6.99. The average Bonchev–Trinajstić information content (AvgIpc) is 2.98. The van der Waals surface area contributed by atoms with Gasteiger partial charge in [-0.25, -0.2) is 4.98 Å². The Morgan fingerprint density at radius 1 is 1.26 bits per heavy atom. The zero-order chi connectivity index (χ0) is 16.5. The number of unbranched alkanes of at least 4 members (excludes halogenated alkanes) is 2. The van der Waals surface area contributed by atoms with Gasteiger partial charge in [-0.15, -0.1) is 11.3 Å². The van der Waals surface area contributed by atoms with Crippen molar-refractivity contribution in [3.63, 3.8) is 0 Å². The van der Waals surface area contributed by atoms with E-state index in [9.17, 15) is 4.79 Å². The number of aryl methyl sites for hydroxylation is 2. The minimum absolute atomic E-state index is 0.273. The third kappa shape index (κ3) is 6.62.